The molecule has 0 aliphatic carbocycles. The highest BCUT2D eigenvalue weighted by molar-refractivity contribution is 7.10. The number of benzene rings is 1. The third-order valence-corrected chi connectivity index (χ3v) is 5.64. The lowest BCUT2D eigenvalue weighted by Crippen LogP contribution is -2.37. The van der Waals surface area contributed by atoms with Gasteiger partial charge in [-0.3, -0.25) is 4.90 Å². The van der Waals surface area contributed by atoms with Crippen LogP contribution < -0.4 is 0 Å². The largest absolute Gasteiger partial charge is 0.379 e. The SMILES string of the molecule is c1ccc(CCCC(OCCCN2CCOCC2)c2cccs2)cc1. The van der Waals surface area contributed by atoms with E-state index in [1.165, 1.54) is 10.4 Å². The van der Waals surface area contributed by atoms with E-state index in [0.29, 0.717) is 0 Å². The second-order valence-electron chi connectivity index (χ2n) is 6.56. The van der Waals surface area contributed by atoms with Crippen LogP contribution in [0.5, 0.6) is 0 Å². The van der Waals surface area contributed by atoms with Gasteiger partial charge in [0.15, 0.2) is 0 Å². The van der Waals surface area contributed by atoms with Crippen molar-refractivity contribution in [1.29, 1.82) is 0 Å². The molecule has 1 aromatic carbocycles. The van der Waals surface area contributed by atoms with E-state index in [9.17, 15) is 0 Å². The summed E-state index contributed by atoms with van der Waals surface area (Å²) in [7, 11) is 0. The van der Waals surface area contributed by atoms with Crippen molar-refractivity contribution in [2.24, 2.45) is 0 Å². The fourth-order valence-electron chi connectivity index (χ4n) is 3.26. The zero-order chi connectivity index (χ0) is 17.2. The van der Waals surface area contributed by atoms with Crippen LogP contribution in [0.3, 0.4) is 0 Å². The van der Waals surface area contributed by atoms with Crippen molar-refractivity contribution >= 4 is 11.3 Å². The first kappa shape index (κ1) is 18.6. The molecule has 0 N–H and O–H groups in total. The Hall–Kier alpha value is -1.20. The number of hydrogen-bond acceptors (Lipinski definition) is 4. The number of nitrogens with zero attached hydrogens (tertiary/aromatic N) is 1. The molecule has 0 radical (unpaired) electrons. The van der Waals surface area contributed by atoms with Crippen molar-refractivity contribution in [2.75, 3.05) is 39.5 Å². The van der Waals surface area contributed by atoms with Crippen molar-refractivity contribution in [3.8, 4) is 0 Å². The van der Waals surface area contributed by atoms with Crippen LogP contribution in [0.1, 0.15) is 35.8 Å². The summed E-state index contributed by atoms with van der Waals surface area (Å²) in [6.07, 6.45) is 4.72. The molecule has 1 fully saturated rings. The first-order valence-corrected chi connectivity index (χ1v) is 10.3. The maximum atomic E-state index is 6.27. The summed E-state index contributed by atoms with van der Waals surface area (Å²) >= 11 is 1.81. The first-order chi connectivity index (χ1) is 12.4. The van der Waals surface area contributed by atoms with Crippen molar-refractivity contribution in [3.05, 3.63) is 58.3 Å². The number of thiophene rings is 1. The van der Waals surface area contributed by atoms with E-state index in [1.807, 2.05) is 11.3 Å². The fraction of sp³-hybridized carbons (Fsp3) is 0.524. The molecule has 0 amide bonds. The monoisotopic (exact) mass is 359 g/mol. The molecule has 2 heterocycles. The number of rotatable bonds is 10. The van der Waals surface area contributed by atoms with Gasteiger partial charge in [0.2, 0.25) is 0 Å². The van der Waals surface area contributed by atoms with Crippen LogP contribution in [0, 0.1) is 0 Å². The highest BCUT2D eigenvalue weighted by Crippen LogP contribution is 2.27. The minimum absolute atomic E-state index is 0.244. The lowest BCUT2D eigenvalue weighted by molar-refractivity contribution is 0.0186. The Morgan fingerprint density at radius 1 is 1.04 bits per heavy atom. The summed E-state index contributed by atoms with van der Waals surface area (Å²) in [6, 6.07) is 15.1. The molecule has 3 nitrogen and oxygen atoms in total. The molecule has 4 heteroatoms. The van der Waals surface area contributed by atoms with Crippen molar-refractivity contribution < 1.29 is 9.47 Å². The van der Waals surface area contributed by atoms with Gasteiger partial charge in [0.05, 0.1) is 19.3 Å². The maximum Gasteiger partial charge on any atom is 0.0916 e. The smallest absolute Gasteiger partial charge is 0.0916 e. The summed E-state index contributed by atoms with van der Waals surface area (Å²) in [6.45, 7) is 5.82. The Morgan fingerprint density at radius 3 is 2.64 bits per heavy atom. The predicted molar refractivity (Wildman–Crippen MR) is 104 cm³/mol. The lowest BCUT2D eigenvalue weighted by Gasteiger charge is -2.26. The lowest BCUT2D eigenvalue weighted by atomic mass is 10.1. The van der Waals surface area contributed by atoms with Crippen molar-refractivity contribution in [2.45, 2.75) is 31.8 Å². The highest BCUT2D eigenvalue weighted by atomic mass is 32.1. The first-order valence-electron chi connectivity index (χ1n) is 9.41. The molecule has 1 aliphatic rings. The highest BCUT2D eigenvalue weighted by Gasteiger charge is 2.14. The zero-order valence-corrected chi connectivity index (χ0v) is 15.8. The second-order valence-corrected chi connectivity index (χ2v) is 7.54. The number of ether oxygens (including phenoxy) is 2. The normalized spacial score (nSPS) is 16.8. The van der Waals surface area contributed by atoms with Gasteiger partial charge in [0.1, 0.15) is 0 Å². The van der Waals surface area contributed by atoms with Crippen LogP contribution in [0.2, 0.25) is 0 Å². The van der Waals surface area contributed by atoms with E-state index < -0.39 is 0 Å². The molecule has 1 saturated heterocycles. The maximum absolute atomic E-state index is 6.27. The molecular formula is C21H29NO2S. The summed E-state index contributed by atoms with van der Waals surface area (Å²) in [4.78, 5) is 3.84. The van der Waals surface area contributed by atoms with E-state index >= 15 is 0 Å². The van der Waals surface area contributed by atoms with E-state index in [4.69, 9.17) is 9.47 Å². The van der Waals surface area contributed by atoms with Gasteiger partial charge in [0.25, 0.3) is 0 Å². The third kappa shape index (κ3) is 6.55. The second kappa shape index (κ2) is 10.7. The quantitative estimate of drug-likeness (QED) is 0.581. The molecule has 0 spiro atoms. The van der Waals surface area contributed by atoms with Crippen LogP contribution in [-0.2, 0) is 15.9 Å². The van der Waals surface area contributed by atoms with Gasteiger partial charge >= 0.3 is 0 Å². The Morgan fingerprint density at radius 2 is 1.88 bits per heavy atom. The van der Waals surface area contributed by atoms with Crippen LogP contribution in [0.15, 0.2) is 47.8 Å². The molecule has 0 bridgehead atoms. The Bertz CT molecular complexity index is 567. The van der Waals surface area contributed by atoms with E-state index in [-0.39, 0.29) is 6.10 Å². The van der Waals surface area contributed by atoms with Gasteiger partial charge in [0, 0.05) is 31.1 Å². The Labute approximate surface area is 155 Å². The predicted octanol–water partition coefficient (Wildman–Crippen LogP) is 4.55. The topological polar surface area (TPSA) is 21.7 Å². The molecule has 1 aliphatic heterocycles. The Kier molecular flexibility index (Phi) is 7.97. The molecule has 1 unspecified atom stereocenters. The summed E-state index contributed by atoms with van der Waals surface area (Å²) < 4.78 is 11.7. The summed E-state index contributed by atoms with van der Waals surface area (Å²) in [5.74, 6) is 0. The molecule has 1 atom stereocenters. The number of aryl methyl sites for hydroxylation is 1. The van der Waals surface area contributed by atoms with Gasteiger partial charge in [-0.2, -0.15) is 0 Å². The van der Waals surface area contributed by atoms with Crippen molar-refractivity contribution in [3.63, 3.8) is 0 Å². The van der Waals surface area contributed by atoms with Gasteiger partial charge in [-0.05, 0) is 42.7 Å². The van der Waals surface area contributed by atoms with Gasteiger partial charge in [-0.1, -0.05) is 36.4 Å². The molecule has 1 aromatic heterocycles. The minimum atomic E-state index is 0.244. The third-order valence-electron chi connectivity index (χ3n) is 4.68. The van der Waals surface area contributed by atoms with E-state index in [0.717, 1.165) is 65.1 Å². The Balaban J connectivity index is 1.40. The van der Waals surface area contributed by atoms with Gasteiger partial charge in [-0.15, -0.1) is 11.3 Å². The average Bonchev–Trinajstić information content (AvgIpc) is 3.20. The molecule has 25 heavy (non-hydrogen) atoms. The molecule has 0 saturated carbocycles. The summed E-state index contributed by atoms with van der Waals surface area (Å²) in [5, 5.41) is 2.15. The summed E-state index contributed by atoms with van der Waals surface area (Å²) in [5.41, 5.74) is 1.42. The molecule has 136 valence electrons. The molecule has 3 rings (SSSR count). The fourth-order valence-corrected chi connectivity index (χ4v) is 4.07. The number of hydrogen-bond donors (Lipinski definition) is 0. The van der Waals surface area contributed by atoms with Crippen LogP contribution in [0.25, 0.3) is 0 Å². The van der Waals surface area contributed by atoms with Gasteiger partial charge in [-0.25, -0.2) is 0 Å². The van der Waals surface area contributed by atoms with Crippen molar-refractivity contribution in [1.82, 2.24) is 4.90 Å². The minimum Gasteiger partial charge on any atom is -0.379 e. The van der Waals surface area contributed by atoms with Crippen LogP contribution >= 0.6 is 11.3 Å². The molecule has 2 aromatic rings. The standard InChI is InChI=1S/C21H29NO2S/c1-2-7-19(8-3-1)9-4-10-20(21-11-5-18-25-21)24-15-6-12-22-13-16-23-17-14-22/h1-3,5,7-8,11,18,20H,4,6,9-10,12-17H2. The zero-order valence-electron chi connectivity index (χ0n) is 14.9. The average molecular weight is 360 g/mol. The van der Waals surface area contributed by atoms with E-state index in [2.05, 4.69) is 52.7 Å². The molecular weight excluding hydrogens is 330 g/mol. The number of morpholine rings is 1. The van der Waals surface area contributed by atoms with Crippen LogP contribution in [0.4, 0.5) is 0 Å². The van der Waals surface area contributed by atoms with Gasteiger partial charge < -0.3 is 9.47 Å². The van der Waals surface area contributed by atoms with Crippen LogP contribution in [-0.4, -0.2) is 44.4 Å². The van der Waals surface area contributed by atoms with E-state index in [1.54, 1.807) is 0 Å².